The standard InChI is InChI=1S/C17H18FIN6O5S/c1-8(2-3-30-31(21,26)27)25-13(22-14-15(20)23-17(18)24-16(14)25)5-9-4-11-12(6-10(9)19)29-7-28-11/h4,6,8H,2-3,5,7H2,1H3,(H2,20,23,24)(H2,21,26,27). The van der Waals surface area contributed by atoms with Gasteiger partial charge in [0.25, 0.3) is 0 Å². The maximum atomic E-state index is 13.9. The zero-order valence-electron chi connectivity index (χ0n) is 16.2. The molecule has 0 radical (unpaired) electrons. The predicted octanol–water partition coefficient (Wildman–Crippen LogP) is 1.64. The molecule has 0 saturated carbocycles. The summed E-state index contributed by atoms with van der Waals surface area (Å²) in [7, 11) is -4.07. The fourth-order valence-corrected chi connectivity index (χ4v) is 4.29. The smallest absolute Gasteiger partial charge is 0.333 e. The molecule has 0 aliphatic carbocycles. The van der Waals surface area contributed by atoms with E-state index in [-0.39, 0.29) is 42.8 Å². The number of hydrogen-bond acceptors (Lipinski definition) is 9. The molecule has 1 atom stereocenters. The number of halogens is 2. The fraction of sp³-hybridized carbons (Fsp3) is 0.353. The normalized spacial score (nSPS) is 14.3. The minimum Gasteiger partial charge on any atom is -0.454 e. The summed E-state index contributed by atoms with van der Waals surface area (Å²) in [5.41, 5.74) is 7.24. The minimum absolute atomic E-state index is 0.0872. The first-order valence-electron chi connectivity index (χ1n) is 9.07. The lowest BCUT2D eigenvalue weighted by Gasteiger charge is -2.17. The van der Waals surface area contributed by atoms with Gasteiger partial charge >= 0.3 is 16.4 Å². The Morgan fingerprint density at radius 3 is 2.71 bits per heavy atom. The van der Waals surface area contributed by atoms with Crippen LogP contribution in [0.5, 0.6) is 11.5 Å². The third kappa shape index (κ3) is 4.65. The van der Waals surface area contributed by atoms with E-state index < -0.39 is 16.4 Å². The van der Waals surface area contributed by atoms with Crippen molar-refractivity contribution in [2.75, 3.05) is 19.1 Å². The Morgan fingerprint density at radius 1 is 1.29 bits per heavy atom. The minimum atomic E-state index is -4.07. The molecule has 0 fully saturated rings. The van der Waals surface area contributed by atoms with Crippen molar-refractivity contribution in [1.82, 2.24) is 19.5 Å². The summed E-state index contributed by atoms with van der Waals surface area (Å²) in [5, 5.41) is 4.89. The highest BCUT2D eigenvalue weighted by Crippen LogP contribution is 2.36. The summed E-state index contributed by atoms with van der Waals surface area (Å²) in [6.45, 7) is 1.79. The van der Waals surface area contributed by atoms with E-state index in [9.17, 15) is 12.8 Å². The van der Waals surface area contributed by atoms with Gasteiger partial charge in [0, 0.05) is 16.0 Å². The van der Waals surface area contributed by atoms with Crippen LogP contribution in [-0.2, 0) is 20.9 Å². The van der Waals surface area contributed by atoms with Crippen LogP contribution in [0.1, 0.15) is 30.8 Å². The van der Waals surface area contributed by atoms with Crippen molar-refractivity contribution < 1.29 is 26.5 Å². The monoisotopic (exact) mass is 564 g/mol. The number of anilines is 1. The van der Waals surface area contributed by atoms with Gasteiger partial charge in [-0.05, 0) is 53.6 Å². The molecule has 1 aliphatic rings. The summed E-state index contributed by atoms with van der Waals surface area (Å²) < 4.78 is 54.2. The number of imidazole rings is 1. The lowest BCUT2D eigenvalue weighted by Crippen LogP contribution is -2.19. The summed E-state index contributed by atoms with van der Waals surface area (Å²) in [6.07, 6.45) is -0.380. The van der Waals surface area contributed by atoms with Crippen LogP contribution in [0.25, 0.3) is 11.2 Å². The zero-order chi connectivity index (χ0) is 22.3. The highest BCUT2D eigenvalue weighted by molar-refractivity contribution is 14.1. The van der Waals surface area contributed by atoms with Crippen LogP contribution in [0.4, 0.5) is 10.2 Å². The third-order valence-corrected chi connectivity index (χ3v) is 6.23. The molecule has 1 unspecified atom stereocenters. The van der Waals surface area contributed by atoms with Crippen molar-refractivity contribution in [2.45, 2.75) is 25.8 Å². The molecule has 1 aliphatic heterocycles. The summed E-state index contributed by atoms with van der Waals surface area (Å²) in [6, 6.07) is 3.36. The predicted molar refractivity (Wildman–Crippen MR) is 116 cm³/mol. The van der Waals surface area contributed by atoms with Crippen molar-refractivity contribution in [1.29, 1.82) is 0 Å². The second-order valence-corrected chi connectivity index (χ2v) is 9.26. The molecule has 0 saturated heterocycles. The molecule has 0 amide bonds. The molecule has 0 spiro atoms. The lowest BCUT2D eigenvalue weighted by atomic mass is 10.1. The van der Waals surface area contributed by atoms with Crippen LogP contribution in [0.3, 0.4) is 0 Å². The highest BCUT2D eigenvalue weighted by Gasteiger charge is 2.23. The Balaban J connectivity index is 1.74. The first-order valence-corrected chi connectivity index (χ1v) is 11.6. The van der Waals surface area contributed by atoms with E-state index in [2.05, 4.69) is 41.7 Å². The van der Waals surface area contributed by atoms with Crippen molar-refractivity contribution in [3.63, 3.8) is 0 Å². The van der Waals surface area contributed by atoms with Crippen molar-refractivity contribution >= 4 is 49.9 Å². The number of nitrogen functional groups attached to an aromatic ring is 1. The molecule has 11 nitrogen and oxygen atoms in total. The van der Waals surface area contributed by atoms with Gasteiger partial charge in [0.15, 0.2) is 28.5 Å². The highest BCUT2D eigenvalue weighted by atomic mass is 127. The van der Waals surface area contributed by atoms with E-state index >= 15 is 0 Å². The first kappa shape index (κ1) is 21.9. The maximum Gasteiger partial charge on any atom is 0.333 e. The molecule has 166 valence electrons. The number of rotatable bonds is 7. The Labute approximate surface area is 190 Å². The largest absolute Gasteiger partial charge is 0.454 e. The SMILES string of the molecule is CC(CCOS(N)(=O)=O)n1c(Cc2cc3c(cc2I)OCO3)nc2c(N)nc(F)nc21. The van der Waals surface area contributed by atoms with Crippen LogP contribution < -0.4 is 20.3 Å². The summed E-state index contributed by atoms with van der Waals surface area (Å²) in [4.78, 5) is 12.0. The van der Waals surface area contributed by atoms with Gasteiger partial charge < -0.3 is 19.8 Å². The van der Waals surface area contributed by atoms with Gasteiger partial charge in [-0.15, -0.1) is 0 Å². The van der Waals surface area contributed by atoms with E-state index in [1.165, 1.54) is 0 Å². The van der Waals surface area contributed by atoms with Gasteiger partial charge in [0.05, 0.1) is 6.61 Å². The van der Waals surface area contributed by atoms with E-state index in [4.69, 9.17) is 20.3 Å². The van der Waals surface area contributed by atoms with Gasteiger partial charge in [-0.3, -0.25) is 4.18 Å². The Hall–Kier alpha value is -2.30. The first-order chi connectivity index (χ1) is 14.6. The van der Waals surface area contributed by atoms with E-state index in [1.807, 2.05) is 12.1 Å². The quantitative estimate of drug-likeness (QED) is 0.322. The number of aromatic nitrogens is 4. The van der Waals surface area contributed by atoms with Crippen LogP contribution in [-0.4, -0.2) is 41.3 Å². The maximum absolute atomic E-state index is 13.9. The molecule has 14 heteroatoms. The molecule has 1 aromatic carbocycles. The molecular weight excluding hydrogens is 546 g/mol. The number of hydrogen-bond donors (Lipinski definition) is 2. The summed E-state index contributed by atoms with van der Waals surface area (Å²) in [5.74, 6) is 1.74. The van der Waals surface area contributed by atoms with Crippen molar-refractivity contribution in [3.05, 3.63) is 33.2 Å². The topological polar surface area (TPSA) is 157 Å². The summed E-state index contributed by atoms with van der Waals surface area (Å²) >= 11 is 2.19. The molecule has 2 aromatic heterocycles. The van der Waals surface area contributed by atoms with Gasteiger partial charge in [0.1, 0.15) is 5.82 Å². The molecule has 0 bridgehead atoms. The number of nitrogens with two attached hydrogens (primary N) is 2. The molecule has 3 aromatic rings. The van der Waals surface area contributed by atoms with Crippen molar-refractivity contribution in [3.8, 4) is 11.5 Å². The van der Waals surface area contributed by atoms with Gasteiger partial charge in [-0.1, -0.05) is 0 Å². The van der Waals surface area contributed by atoms with Gasteiger partial charge in [-0.25, -0.2) is 10.1 Å². The number of ether oxygens (including phenoxy) is 2. The third-order valence-electron chi connectivity index (χ3n) is 4.73. The van der Waals surface area contributed by atoms with Crippen LogP contribution in [0.15, 0.2) is 12.1 Å². The van der Waals surface area contributed by atoms with Crippen LogP contribution in [0, 0.1) is 9.65 Å². The molecule has 4 N–H and O–H groups in total. The fourth-order valence-electron chi connectivity index (χ4n) is 3.33. The zero-order valence-corrected chi connectivity index (χ0v) is 19.2. The molecule has 31 heavy (non-hydrogen) atoms. The van der Waals surface area contributed by atoms with Crippen LogP contribution >= 0.6 is 22.6 Å². The molecular formula is C17H18FIN6O5S. The van der Waals surface area contributed by atoms with Gasteiger partial charge in [0.2, 0.25) is 6.79 Å². The second-order valence-electron chi connectivity index (χ2n) is 6.87. The van der Waals surface area contributed by atoms with E-state index in [0.29, 0.717) is 23.7 Å². The second kappa shape index (κ2) is 8.33. The number of nitrogens with zero attached hydrogens (tertiary/aromatic N) is 4. The molecule has 4 rings (SSSR count). The lowest BCUT2D eigenvalue weighted by molar-refractivity contribution is 0.174. The Kier molecular flexibility index (Phi) is 5.89. The molecule has 3 heterocycles. The van der Waals surface area contributed by atoms with Crippen molar-refractivity contribution in [2.24, 2.45) is 5.14 Å². The number of benzene rings is 1. The van der Waals surface area contributed by atoms with Gasteiger partial charge in [-0.2, -0.15) is 22.8 Å². The Bertz CT molecular complexity index is 1270. The average molecular weight is 564 g/mol. The average Bonchev–Trinajstić information content (AvgIpc) is 3.25. The van der Waals surface area contributed by atoms with E-state index in [0.717, 1.165) is 9.13 Å². The Morgan fingerprint density at radius 2 is 2.00 bits per heavy atom. The number of fused-ring (bicyclic) bond motifs is 2. The van der Waals surface area contributed by atoms with E-state index in [1.54, 1.807) is 11.5 Å². The van der Waals surface area contributed by atoms with Crippen LogP contribution in [0.2, 0.25) is 0 Å².